The van der Waals surface area contributed by atoms with E-state index in [1.54, 1.807) is 12.3 Å². The molecule has 1 aliphatic rings. The summed E-state index contributed by atoms with van der Waals surface area (Å²) >= 11 is 0. The van der Waals surface area contributed by atoms with Gasteiger partial charge in [0.25, 0.3) is 5.91 Å². The van der Waals surface area contributed by atoms with Crippen molar-refractivity contribution in [3.8, 4) is 6.07 Å². The number of rotatable bonds is 5. The van der Waals surface area contributed by atoms with Crippen LogP contribution in [0.3, 0.4) is 0 Å². The second-order valence-corrected chi connectivity index (χ2v) is 4.58. The average molecular weight is 246 g/mol. The third-order valence-electron chi connectivity index (χ3n) is 3.19. The SMILES string of the molecule is CCn1cc(N)cc1C(=O)N(CCC#N)C1CC1. The van der Waals surface area contributed by atoms with Gasteiger partial charge in [-0.15, -0.1) is 0 Å². The topological polar surface area (TPSA) is 75.0 Å². The number of aryl methyl sites for hydroxylation is 1. The first kappa shape index (κ1) is 12.5. The molecule has 96 valence electrons. The molecule has 1 saturated carbocycles. The van der Waals surface area contributed by atoms with Crippen molar-refractivity contribution in [2.24, 2.45) is 0 Å². The zero-order valence-corrected chi connectivity index (χ0v) is 10.6. The van der Waals surface area contributed by atoms with E-state index < -0.39 is 0 Å². The standard InChI is InChI=1S/C13H18N4O/c1-2-16-9-10(15)8-12(16)13(18)17(7-3-6-14)11-4-5-11/h8-9,11H,2-5,7,15H2,1H3. The fourth-order valence-corrected chi connectivity index (χ4v) is 2.13. The third-order valence-corrected chi connectivity index (χ3v) is 3.19. The molecule has 18 heavy (non-hydrogen) atoms. The number of amides is 1. The number of nitrogens with two attached hydrogens (primary N) is 1. The van der Waals surface area contributed by atoms with Crippen molar-refractivity contribution in [2.75, 3.05) is 12.3 Å². The van der Waals surface area contributed by atoms with Crippen molar-refractivity contribution in [1.29, 1.82) is 5.26 Å². The molecule has 0 saturated heterocycles. The van der Waals surface area contributed by atoms with Crippen molar-refractivity contribution >= 4 is 11.6 Å². The Morgan fingerprint density at radius 3 is 2.94 bits per heavy atom. The molecule has 5 nitrogen and oxygen atoms in total. The smallest absolute Gasteiger partial charge is 0.270 e. The van der Waals surface area contributed by atoms with Crippen LogP contribution in [0.15, 0.2) is 12.3 Å². The molecule has 5 heteroatoms. The molecular formula is C13H18N4O. The highest BCUT2D eigenvalue weighted by Crippen LogP contribution is 2.29. The van der Waals surface area contributed by atoms with Gasteiger partial charge in [-0.05, 0) is 25.8 Å². The first-order valence-corrected chi connectivity index (χ1v) is 6.31. The normalized spacial score (nSPS) is 14.2. The zero-order valence-electron chi connectivity index (χ0n) is 10.6. The van der Waals surface area contributed by atoms with Gasteiger partial charge in [0.15, 0.2) is 0 Å². The number of aromatic nitrogens is 1. The summed E-state index contributed by atoms with van der Waals surface area (Å²) in [7, 11) is 0. The van der Waals surface area contributed by atoms with Crippen molar-refractivity contribution in [1.82, 2.24) is 9.47 Å². The predicted octanol–water partition coefficient (Wildman–Crippen LogP) is 1.61. The summed E-state index contributed by atoms with van der Waals surface area (Å²) in [6.45, 7) is 3.21. The molecule has 2 N–H and O–H groups in total. The second-order valence-electron chi connectivity index (χ2n) is 4.58. The first-order valence-electron chi connectivity index (χ1n) is 6.31. The Hall–Kier alpha value is -1.96. The Morgan fingerprint density at radius 2 is 2.39 bits per heavy atom. The molecule has 1 aliphatic carbocycles. The monoisotopic (exact) mass is 246 g/mol. The van der Waals surface area contributed by atoms with Crippen LogP contribution >= 0.6 is 0 Å². The molecule has 0 atom stereocenters. The van der Waals surface area contributed by atoms with Crippen molar-refractivity contribution in [3.63, 3.8) is 0 Å². The van der Waals surface area contributed by atoms with Crippen LogP contribution in [0.5, 0.6) is 0 Å². The Labute approximate surface area is 107 Å². The number of carbonyl (C=O) groups excluding carboxylic acids is 1. The molecular weight excluding hydrogens is 228 g/mol. The van der Waals surface area contributed by atoms with Crippen LogP contribution in [-0.4, -0.2) is 28.0 Å². The molecule has 1 fully saturated rings. The maximum atomic E-state index is 12.5. The van der Waals surface area contributed by atoms with Crippen LogP contribution in [0.25, 0.3) is 0 Å². The summed E-state index contributed by atoms with van der Waals surface area (Å²) in [5.74, 6) is -0.00806. The van der Waals surface area contributed by atoms with Gasteiger partial charge in [-0.25, -0.2) is 0 Å². The van der Waals surface area contributed by atoms with Gasteiger partial charge < -0.3 is 15.2 Å². The highest BCUT2D eigenvalue weighted by molar-refractivity contribution is 5.94. The van der Waals surface area contributed by atoms with Crippen LogP contribution in [0.4, 0.5) is 5.69 Å². The minimum absolute atomic E-state index is 0.00806. The van der Waals surface area contributed by atoms with E-state index in [1.807, 2.05) is 16.4 Å². The average Bonchev–Trinajstić information content (AvgIpc) is 3.12. The van der Waals surface area contributed by atoms with Crippen LogP contribution in [-0.2, 0) is 6.54 Å². The van der Waals surface area contributed by atoms with Gasteiger partial charge in [0.2, 0.25) is 0 Å². The molecule has 1 heterocycles. The fraction of sp³-hybridized carbons (Fsp3) is 0.538. The van der Waals surface area contributed by atoms with Gasteiger partial charge in [0.05, 0.1) is 18.2 Å². The van der Waals surface area contributed by atoms with Crippen LogP contribution in [0, 0.1) is 11.3 Å². The fourth-order valence-electron chi connectivity index (χ4n) is 2.13. The summed E-state index contributed by atoms with van der Waals surface area (Å²) in [4.78, 5) is 14.3. The maximum Gasteiger partial charge on any atom is 0.270 e. The van der Waals surface area contributed by atoms with Gasteiger partial charge in [0, 0.05) is 25.3 Å². The number of nitriles is 1. The Kier molecular flexibility index (Phi) is 3.56. The Balaban J connectivity index is 2.19. The number of carbonyl (C=O) groups is 1. The zero-order chi connectivity index (χ0) is 13.1. The number of nitrogen functional groups attached to an aromatic ring is 1. The number of anilines is 1. The lowest BCUT2D eigenvalue weighted by Gasteiger charge is -2.21. The molecule has 1 aromatic rings. The maximum absolute atomic E-state index is 12.5. The lowest BCUT2D eigenvalue weighted by atomic mass is 10.3. The quantitative estimate of drug-likeness (QED) is 0.857. The molecule has 0 aromatic carbocycles. The summed E-state index contributed by atoms with van der Waals surface area (Å²) in [5, 5.41) is 8.66. The minimum atomic E-state index is -0.00806. The Bertz CT molecular complexity index is 482. The lowest BCUT2D eigenvalue weighted by molar-refractivity contribution is 0.0736. The van der Waals surface area contributed by atoms with E-state index >= 15 is 0 Å². The minimum Gasteiger partial charge on any atom is -0.397 e. The lowest BCUT2D eigenvalue weighted by Crippen LogP contribution is -2.35. The molecule has 0 spiro atoms. The van der Waals surface area contributed by atoms with Crippen LogP contribution in [0.1, 0.15) is 36.7 Å². The van der Waals surface area contributed by atoms with Gasteiger partial charge in [0.1, 0.15) is 5.69 Å². The highest BCUT2D eigenvalue weighted by Gasteiger charge is 2.33. The summed E-state index contributed by atoms with van der Waals surface area (Å²) < 4.78 is 1.86. The molecule has 1 amide bonds. The van der Waals surface area contributed by atoms with E-state index in [9.17, 15) is 4.79 Å². The number of hydrogen-bond acceptors (Lipinski definition) is 3. The van der Waals surface area contributed by atoms with E-state index in [4.69, 9.17) is 11.0 Å². The number of nitrogens with zero attached hydrogens (tertiary/aromatic N) is 3. The van der Waals surface area contributed by atoms with E-state index in [0.717, 1.165) is 19.4 Å². The van der Waals surface area contributed by atoms with E-state index in [2.05, 4.69) is 6.07 Å². The molecule has 0 radical (unpaired) electrons. The van der Waals surface area contributed by atoms with Gasteiger partial charge >= 0.3 is 0 Å². The number of hydrogen-bond donors (Lipinski definition) is 1. The van der Waals surface area contributed by atoms with Crippen LogP contribution < -0.4 is 5.73 Å². The van der Waals surface area contributed by atoms with E-state index in [-0.39, 0.29) is 5.91 Å². The van der Waals surface area contributed by atoms with Crippen LogP contribution in [0.2, 0.25) is 0 Å². The van der Waals surface area contributed by atoms with Crippen molar-refractivity contribution < 1.29 is 4.79 Å². The van der Waals surface area contributed by atoms with Gasteiger partial charge in [-0.3, -0.25) is 4.79 Å². The first-order chi connectivity index (χ1) is 8.67. The summed E-state index contributed by atoms with van der Waals surface area (Å²) in [6, 6.07) is 4.12. The van der Waals surface area contributed by atoms with Gasteiger partial charge in [-0.1, -0.05) is 0 Å². The predicted molar refractivity (Wildman–Crippen MR) is 68.8 cm³/mol. The third kappa shape index (κ3) is 2.48. The summed E-state index contributed by atoms with van der Waals surface area (Å²) in [5.41, 5.74) is 6.97. The second kappa shape index (κ2) is 5.13. The van der Waals surface area contributed by atoms with Crippen molar-refractivity contribution in [2.45, 2.75) is 38.8 Å². The summed E-state index contributed by atoms with van der Waals surface area (Å²) in [6.07, 6.45) is 4.24. The molecule has 0 aliphatic heterocycles. The molecule has 0 bridgehead atoms. The molecule has 2 rings (SSSR count). The van der Waals surface area contributed by atoms with E-state index in [1.165, 1.54) is 0 Å². The molecule has 0 unspecified atom stereocenters. The van der Waals surface area contributed by atoms with Gasteiger partial charge in [-0.2, -0.15) is 5.26 Å². The highest BCUT2D eigenvalue weighted by atomic mass is 16.2. The Morgan fingerprint density at radius 1 is 1.67 bits per heavy atom. The molecule has 1 aromatic heterocycles. The van der Waals surface area contributed by atoms with Crippen molar-refractivity contribution in [3.05, 3.63) is 18.0 Å². The van der Waals surface area contributed by atoms with E-state index in [0.29, 0.717) is 30.4 Å². The largest absolute Gasteiger partial charge is 0.397 e.